The predicted octanol–water partition coefficient (Wildman–Crippen LogP) is 3.59. The van der Waals surface area contributed by atoms with Crippen molar-refractivity contribution in [2.45, 2.75) is 5.88 Å². The lowest BCUT2D eigenvalue weighted by atomic mass is 10.2. The van der Waals surface area contributed by atoms with Crippen molar-refractivity contribution in [1.29, 1.82) is 0 Å². The van der Waals surface area contributed by atoms with E-state index < -0.39 is 4.92 Å². The summed E-state index contributed by atoms with van der Waals surface area (Å²) >= 11 is 13.2. The minimum atomic E-state index is -0.467. The Labute approximate surface area is 98.3 Å². The summed E-state index contributed by atoms with van der Waals surface area (Å²) in [6, 6.07) is 2.94. The van der Waals surface area contributed by atoms with Crippen LogP contribution in [0.5, 0.6) is 0 Å². The minimum absolute atomic E-state index is 0.0134. The highest BCUT2D eigenvalue weighted by atomic mass is 127. The molecule has 0 radical (unpaired) electrons. The molecule has 70 valence electrons. The molecule has 0 heterocycles. The van der Waals surface area contributed by atoms with Crippen LogP contribution < -0.4 is 0 Å². The van der Waals surface area contributed by atoms with Crippen molar-refractivity contribution in [2.75, 3.05) is 0 Å². The van der Waals surface area contributed by atoms with E-state index in [1.165, 1.54) is 6.07 Å². The maximum absolute atomic E-state index is 10.5. The van der Waals surface area contributed by atoms with Crippen LogP contribution in [0.4, 0.5) is 5.69 Å². The number of benzene rings is 1. The minimum Gasteiger partial charge on any atom is -0.258 e. The normalized spacial score (nSPS) is 10.1. The maximum atomic E-state index is 10.5. The van der Waals surface area contributed by atoms with E-state index in [-0.39, 0.29) is 11.6 Å². The van der Waals surface area contributed by atoms with Crippen LogP contribution in [0.2, 0.25) is 5.02 Å². The zero-order valence-corrected chi connectivity index (χ0v) is 9.93. The number of hydrogen-bond acceptors (Lipinski definition) is 2. The summed E-state index contributed by atoms with van der Waals surface area (Å²) in [6.07, 6.45) is 0. The van der Waals surface area contributed by atoms with E-state index in [1.54, 1.807) is 6.07 Å². The van der Waals surface area contributed by atoms with Gasteiger partial charge in [0.05, 0.1) is 13.5 Å². The van der Waals surface area contributed by atoms with Gasteiger partial charge in [0.15, 0.2) is 0 Å². The topological polar surface area (TPSA) is 43.1 Å². The van der Waals surface area contributed by atoms with Gasteiger partial charge in [-0.25, -0.2) is 0 Å². The van der Waals surface area contributed by atoms with Gasteiger partial charge >= 0.3 is 0 Å². The van der Waals surface area contributed by atoms with Crippen LogP contribution in [0, 0.1) is 13.7 Å². The number of rotatable bonds is 2. The molecule has 0 aromatic heterocycles. The van der Waals surface area contributed by atoms with E-state index in [0.717, 1.165) is 0 Å². The molecule has 0 unspecified atom stereocenters. The van der Waals surface area contributed by atoms with Gasteiger partial charge < -0.3 is 0 Å². The summed E-state index contributed by atoms with van der Waals surface area (Å²) in [6.45, 7) is 0. The Balaban J connectivity index is 3.28. The quantitative estimate of drug-likeness (QED) is 0.360. The van der Waals surface area contributed by atoms with E-state index in [4.69, 9.17) is 23.2 Å². The Kier molecular flexibility index (Phi) is 3.75. The molecule has 0 spiro atoms. The van der Waals surface area contributed by atoms with Crippen LogP contribution in [0.1, 0.15) is 5.56 Å². The van der Waals surface area contributed by atoms with Crippen molar-refractivity contribution >= 4 is 51.5 Å². The van der Waals surface area contributed by atoms with E-state index >= 15 is 0 Å². The molecule has 0 amide bonds. The van der Waals surface area contributed by atoms with Gasteiger partial charge in [-0.3, -0.25) is 10.1 Å². The molecule has 0 atom stereocenters. The Morgan fingerprint density at radius 2 is 2.15 bits per heavy atom. The molecule has 0 aliphatic carbocycles. The lowest BCUT2D eigenvalue weighted by Crippen LogP contribution is -1.93. The largest absolute Gasteiger partial charge is 0.284 e. The van der Waals surface area contributed by atoms with Crippen LogP contribution in [-0.2, 0) is 5.88 Å². The summed E-state index contributed by atoms with van der Waals surface area (Å²) in [4.78, 5) is 10.0. The van der Waals surface area contributed by atoms with Gasteiger partial charge in [-0.2, -0.15) is 0 Å². The molecular weight excluding hydrogens is 328 g/mol. The van der Waals surface area contributed by atoms with Gasteiger partial charge in [0, 0.05) is 11.9 Å². The highest BCUT2D eigenvalue weighted by molar-refractivity contribution is 14.1. The standard InChI is InChI=1S/C7H4Cl2INO2/c8-3-4-1-6(10)7(11(12)13)2-5(4)9/h1-2H,3H2. The van der Waals surface area contributed by atoms with Crippen LogP contribution in [0.25, 0.3) is 0 Å². The van der Waals surface area contributed by atoms with Gasteiger partial charge in [0.25, 0.3) is 5.69 Å². The first-order chi connectivity index (χ1) is 6.06. The van der Waals surface area contributed by atoms with Crippen LogP contribution in [0.3, 0.4) is 0 Å². The van der Waals surface area contributed by atoms with E-state index in [1.807, 2.05) is 22.6 Å². The highest BCUT2D eigenvalue weighted by Crippen LogP contribution is 2.28. The van der Waals surface area contributed by atoms with Crippen LogP contribution >= 0.6 is 45.8 Å². The molecule has 13 heavy (non-hydrogen) atoms. The predicted molar refractivity (Wildman–Crippen MR) is 60.4 cm³/mol. The summed E-state index contributed by atoms with van der Waals surface area (Å²) in [5, 5.41) is 10.8. The molecule has 1 aromatic rings. The third kappa shape index (κ3) is 2.45. The monoisotopic (exact) mass is 331 g/mol. The van der Waals surface area contributed by atoms with E-state index in [9.17, 15) is 10.1 Å². The van der Waals surface area contributed by atoms with Gasteiger partial charge in [-0.05, 0) is 34.2 Å². The van der Waals surface area contributed by atoms with Gasteiger partial charge in [-0.1, -0.05) is 11.6 Å². The molecule has 0 N–H and O–H groups in total. The number of nitro groups is 1. The Morgan fingerprint density at radius 1 is 1.54 bits per heavy atom. The molecule has 3 nitrogen and oxygen atoms in total. The van der Waals surface area contributed by atoms with E-state index in [2.05, 4.69) is 0 Å². The number of hydrogen-bond donors (Lipinski definition) is 0. The second-order valence-corrected chi connectivity index (χ2v) is 4.12. The second-order valence-electron chi connectivity index (χ2n) is 2.29. The summed E-state index contributed by atoms with van der Waals surface area (Å²) < 4.78 is 0.544. The smallest absolute Gasteiger partial charge is 0.258 e. The molecule has 0 aliphatic rings. The van der Waals surface area contributed by atoms with Crippen LogP contribution in [-0.4, -0.2) is 4.92 Å². The van der Waals surface area contributed by atoms with Crippen molar-refractivity contribution < 1.29 is 4.92 Å². The molecular formula is C7H4Cl2INO2. The Morgan fingerprint density at radius 3 is 2.62 bits per heavy atom. The third-order valence-corrected chi connectivity index (χ3v) is 2.96. The molecule has 6 heteroatoms. The number of nitrogens with zero attached hydrogens (tertiary/aromatic N) is 1. The zero-order valence-electron chi connectivity index (χ0n) is 6.26. The van der Waals surface area contributed by atoms with Crippen molar-refractivity contribution in [3.8, 4) is 0 Å². The van der Waals surface area contributed by atoms with Crippen molar-refractivity contribution in [3.63, 3.8) is 0 Å². The Hall–Kier alpha value is -0.0700. The fourth-order valence-electron chi connectivity index (χ4n) is 0.820. The molecule has 0 bridgehead atoms. The van der Waals surface area contributed by atoms with Gasteiger partial charge in [-0.15, -0.1) is 11.6 Å². The van der Waals surface area contributed by atoms with Gasteiger partial charge in [0.2, 0.25) is 0 Å². The fourth-order valence-corrected chi connectivity index (χ4v) is 2.06. The first-order valence-electron chi connectivity index (χ1n) is 3.24. The molecule has 1 rings (SSSR count). The van der Waals surface area contributed by atoms with Crippen LogP contribution in [0.15, 0.2) is 12.1 Å². The summed E-state index contributed by atoms with van der Waals surface area (Å²) in [5.41, 5.74) is 0.720. The van der Waals surface area contributed by atoms with E-state index in [0.29, 0.717) is 14.2 Å². The lowest BCUT2D eigenvalue weighted by Gasteiger charge is -2.01. The molecule has 1 aromatic carbocycles. The third-order valence-electron chi connectivity index (χ3n) is 1.46. The average Bonchev–Trinajstić information content (AvgIpc) is 2.07. The number of halogens is 3. The highest BCUT2D eigenvalue weighted by Gasteiger charge is 2.14. The van der Waals surface area contributed by atoms with Crippen molar-refractivity contribution in [1.82, 2.24) is 0 Å². The lowest BCUT2D eigenvalue weighted by molar-refractivity contribution is -0.385. The summed E-state index contributed by atoms with van der Waals surface area (Å²) in [7, 11) is 0. The first kappa shape index (κ1) is 11.0. The average molecular weight is 332 g/mol. The molecule has 0 saturated carbocycles. The Bertz CT molecular complexity index is 357. The first-order valence-corrected chi connectivity index (χ1v) is 5.23. The zero-order chi connectivity index (χ0) is 10.0. The molecule has 0 saturated heterocycles. The maximum Gasteiger partial charge on any atom is 0.284 e. The SMILES string of the molecule is O=[N+]([O-])c1cc(Cl)c(CCl)cc1I. The van der Waals surface area contributed by atoms with Crippen molar-refractivity contribution in [2.24, 2.45) is 0 Å². The fraction of sp³-hybridized carbons (Fsp3) is 0.143. The summed E-state index contributed by atoms with van der Waals surface area (Å²) in [5.74, 6) is 0.257. The van der Waals surface area contributed by atoms with Gasteiger partial charge in [0.1, 0.15) is 0 Å². The second kappa shape index (κ2) is 4.43. The molecule has 0 aliphatic heterocycles. The molecule has 0 fully saturated rings. The number of alkyl halides is 1. The number of nitro benzene ring substituents is 1. The van der Waals surface area contributed by atoms with Crippen molar-refractivity contribution in [3.05, 3.63) is 36.4 Å².